The fraction of sp³-hybridized carbons (Fsp3) is 0.143. The monoisotopic (exact) mass is 459 g/mol. The Balaban J connectivity index is 0.00000153. The van der Waals surface area contributed by atoms with Gasteiger partial charge in [0.1, 0.15) is 16.5 Å². The Morgan fingerprint density at radius 1 is 1.13 bits per heavy atom. The maximum absolute atomic E-state index is 14.7. The van der Waals surface area contributed by atoms with Gasteiger partial charge < -0.3 is 5.32 Å². The smallest absolute Gasteiger partial charge is 0.266 e. The summed E-state index contributed by atoms with van der Waals surface area (Å²) in [6.07, 6.45) is 3.69. The Bertz CT molecular complexity index is 1330. The number of nitrogens with one attached hydrogen (secondary N) is 2. The largest absolute Gasteiger partial charge is 0.340 e. The topological polar surface area (TPSA) is 88.9 Å². The van der Waals surface area contributed by atoms with Gasteiger partial charge in [-0.05, 0) is 43.2 Å². The van der Waals surface area contributed by atoms with Gasteiger partial charge in [-0.2, -0.15) is 5.10 Å². The molecule has 0 unspecified atom stereocenters. The van der Waals surface area contributed by atoms with Crippen LogP contribution in [0, 0.1) is 5.82 Å². The Hall–Kier alpha value is -3.24. The maximum Gasteiger partial charge on any atom is 0.266 e. The van der Waals surface area contributed by atoms with Crippen molar-refractivity contribution in [1.82, 2.24) is 14.8 Å². The van der Waals surface area contributed by atoms with Crippen LogP contribution in [0.2, 0.25) is 0 Å². The highest BCUT2D eigenvalue weighted by atomic mass is 32.2. The maximum atomic E-state index is 14.7. The number of anilines is 3. The van der Waals surface area contributed by atoms with Crippen molar-refractivity contribution in [3.63, 3.8) is 0 Å². The van der Waals surface area contributed by atoms with Gasteiger partial charge in [-0.1, -0.05) is 18.2 Å². The number of para-hydroxylation sites is 1. The summed E-state index contributed by atoms with van der Waals surface area (Å²) in [6, 6.07) is 15.5. The van der Waals surface area contributed by atoms with Crippen LogP contribution in [-0.2, 0) is 10.0 Å². The van der Waals surface area contributed by atoms with Crippen molar-refractivity contribution < 1.29 is 15.7 Å². The van der Waals surface area contributed by atoms with Crippen molar-refractivity contribution in [3.8, 4) is 5.69 Å². The number of nitrogens with zero attached hydrogens (tertiary/aromatic N) is 3. The predicted octanol–water partition coefficient (Wildman–Crippen LogP) is 5.38. The van der Waals surface area contributed by atoms with Gasteiger partial charge in [-0.3, -0.25) is 4.72 Å². The van der Waals surface area contributed by atoms with E-state index in [4.69, 9.17) is 5.10 Å². The highest BCUT2D eigenvalue weighted by Gasteiger charge is 2.28. The molecule has 0 aliphatic heterocycles. The van der Waals surface area contributed by atoms with E-state index in [0.29, 0.717) is 17.4 Å². The van der Waals surface area contributed by atoms with E-state index in [-0.39, 0.29) is 7.98 Å². The number of thiazole rings is 1. The van der Waals surface area contributed by atoms with Gasteiger partial charge in [-0.25, -0.2) is 22.5 Å². The summed E-state index contributed by atoms with van der Waals surface area (Å²) in [7, 11) is -4.08. The molecule has 4 aromatic rings. The number of benzene rings is 2. The summed E-state index contributed by atoms with van der Waals surface area (Å²) in [5.74, 6) is 0.276. The lowest BCUT2D eigenvalue weighted by Crippen LogP contribution is -2.14. The Labute approximate surface area is 185 Å². The number of rotatable bonds is 7. The lowest BCUT2D eigenvalue weighted by Gasteiger charge is -2.11. The zero-order valence-electron chi connectivity index (χ0n) is 16.2. The lowest BCUT2D eigenvalue weighted by atomic mass is 10.3. The predicted molar refractivity (Wildman–Crippen MR) is 122 cm³/mol. The van der Waals surface area contributed by atoms with Crippen molar-refractivity contribution in [2.75, 3.05) is 10.0 Å². The third-order valence-electron chi connectivity index (χ3n) is 4.87. The Morgan fingerprint density at radius 3 is 2.61 bits per heavy atom. The molecule has 2 heterocycles. The Morgan fingerprint density at radius 2 is 1.94 bits per heavy atom. The van der Waals surface area contributed by atoms with Gasteiger partial charge in [0.05, 0.1) is 11.4 Å². The third kappa shape index (κ3) is 4.17. The molecule has 1 aliphatic carbocycles. The molecule has 0 atom stereocenters. The van der Waals surface area contributed by atoms with Crippen LogP contribution in [0.5, 0.6) is 0 Å². The van der Waals surface area contributed by atoms with E-state index >= 15 is 0 Å². The second-order valence-corrected chi connectivity index (χ2v) is 9.73. The van der Waals surface area contributed by atoms with Crippen molar-refractivity contribution in [3.05, 3.63) is 77.7 Å². The molecule has 0 saturated heterocycles. The van der Waals surface area contributed by atoms with E-state index in [1.54, 1.807) is 10.1 Å². The molecule has 1 fully saturated rings. The normalized spacial score (nSPS) is 13.8. The molecule has 0 radical (unpaired) electrons. The van der Waals surface area contributed by atoms with E-state index < -0.39 is 20.7 Å². The van der Waals surface area contributed by atoms with E-state index in [2.05, 4.69) is 15.0 Å². The van der Waals surface area contributed by atoms with Gasteiger partial charge in [-0.15, -0.1) is 11.3 Å². The average molecular weight is 460 g/mol. The number of sulfonamides is 1. The standard InChI is InChI=1S/C21H18FN5O2S2.2H2/c22-17-12-15(8-9-19(17)31(28,29)26-21-23-10-11-30-21)24-20-13-18(14-6-7-14)25-27(20)16-4-2-1-3-5-16;;/h1-5,8-14,24H,6-7H2,(H,23,26);2*1H. The quantitative estimate of drug-likeness (QED) is 0.387. The van der Waals surface area contributed by atoms with Crippen molar-refractivity contribution in [1.29, 1.82) is 0 Å². The van der Waals surface area contributed by atoms with Crippen LogP contribution in [0.3, 0.4) is 0 Å². The van der Waals surface area contributed by atoms with Gasteiger partial charge in [0.15, 0.2) is 5.13 Å². The van der Waals surface area contributed by atoms with Crippen LogP contribution in [0.1, 0.15) is 27.3 Å². The molecule has 2 aromatic carbocycles. The molecule has 10 heteroatoms. The third-order valence-corrected chi connectivity index (χ3v) is 7.06. The fourth-order valence-corrected chi connectivity index (χ4v) is 5.07. The summed E-state index contributed by atoms with van der Waals surface area (Å²) < 4.78 is 43.8. The van der Waals surface area contributed by atoms with Gasteiger partial charge >= 0.3 is 0 Å². The first-order chi connectivity index (χ1) is 15.0. The number of aromatic nitrogens is 3. The number of halogens is 1. The van der Waals surface area contributed by atoms with Gasteiger partial charge in [0.25, 0.3) is 10.0 Å². The SMILES string of the molecule is O=S(=O)(Nc1nccs1)c1ccc(Nc2cc(C3CC3)nn2-c2ccccc2)cc1F.[HH].[HH]. The second kappa shape index (κ2) is 7.78. The van der Waals surface area contributed by atoms with Crippen molar-refractivity contribution in [2.45, 2.75) is 23.7 Å². The zero-order chi connectivity index (χ0) is 21.4. The highest BCUT2D eigenvalue weighted by Crippen LogP contribution is 2.41. The first kappa shape index (κ1) is 19.7. The number of hydrogen-bond acceptors (Lipinski definition) is 6. The lowest BCUT2D eigenvalue weighted by molar-refractivity contribution is 0.570. The number of hydrogen-bond donors (Lipinski definition) is 2. The molecule has 2 N–H and O–H groups in total. The summed E-state index contributed by atoms with van der Waals surface area (Å²) in [6.45, 7) is 0. The highest BCUT2D eigenvalue weighted by molar-refractivity contribution is 7.93. The zero-order valence-corrected chi connectivity index (χ0v) is 17.8. The molecule has 5 rings (SSSR count). The molecule has 0 spiro atoms. The summed E-state index contributed by atoms with van der Waals surface area (Å²) in [4.78, 5) is 3.43. The van der Waals surface area contributed by atoms with E-state index in [1.165, 1.54) is 18.3 Å². The van der Waals surface area contributed by atoms with E-state index in [9.17, 15) is 12.8 Å². The molecule has 2 aromatic heterocycles. The van der Waals surface area contributed by atoms with E-state index in [0.717, 1.165) is 41.6 Å². The van der Waals surface area contributed by atoms with Gasteiger partial charge in [0, 0.05) is 32.1 Å². The Kier molecular flexibility index (Phi) is 4.95. The first-order valence-corrected chi connectivity index (χ1v) is 12.0. The van der Waals surface area contributed by atoms with Crippen molar-refractivity contribution >= 4 is 38.0 Å². The molecule has 7 nitrogen and oxygen atoms in total. The minimum absolute atomic E-state index is 0. The summed E-state index contributed by atoms with van der Waals surface area (Å²) in [5, 5.41) is 9.70. The van der Waals surface area contributed by atoms with Crippen LogP contribution >= 0.6 is 11.3 Å². The van der Waals surface area contributed by atoms with Crippen LogP contribution in [0.25, 0.3) is 5.69 Å². The van der Waals surface area contributed by atoms with Crippen molar-refractivity contribution in [2.24, 2.45) is 0 Å². The average Bonchev–Trinajstić information content (AvgIpc) is 3.32. The van der Waals surface area contributed by atoms with E-state index in [1.807, 2.05) is 36.4 Å². The van der Waals surface area contributed by atoms with Gasteiger partial charge in [0.2, 0.25) is 0 Å². The fourth-order valence-electron chi connectivity index (χ4n) is 3.22. The van der Waals surface area contributed by atoms with Crippen LogP contribution in [0.4, 0.5) is 21.0 Å². The first-order valence-electron chi connectivity index (χ1n) is 9.64. The van der Waals surface area contributed by atoms with Crippen LogP contribution in [0.15, 0.2) is 71.1 Å². The summed E-state index contributed by atoms with van der Waals surface area (Å²) in [5.41, 5.74) is 2.29. The minimum Gasteiger partial charge on any atom is -0.340 e. The second-order valence-electron chi connectivity index (χ2n) is 7.19. The molecular weight excluding hydrogens is 437 g/mol. The summed E-state index contributed by atoms with van der Waals surface area (Å²) >= 11 is 1.12. The molecule has 31 heavy (non-hydrogen) atoms. The van der Waals surface area contributed by atoms with Crippen LogP contribution in [-0.4, -0.2) is 23.2 Å². The van der Waals surface area contributed by atoms with Crippen LogP contribution < -0.4 is 10.0 Å². The molecule has 162 valence electrons. The molecule has 1 saturated carbocycles. The molecule has 0 amide bonds. The molecule has 0 bridgehead atoms. The minimum atomic E-state index is -4.08. The molecular formula is C21H22FN5O2S2. The molecule has 1 aliphatic rings.